The lowest BCUT2D eigenvalue weighted by Gasteiger charge is -2.26. The number of benzene rings is 2. The van der Waals surface area contributed by atoms with Crippen LogP contribution in [0.4, 0.5) is 0 Å². The van der Waals surface area contributed by atoms with Crippen LogP contribution in [0.5, 0.6) is 5.75 Å². The van der Waals surface area contributed by atoms with Gasteiger partial charge in [0.2, 0.25) is 0 Å². The van der Waals surface area contributed by atoms with E-state index < -0.39 is 0 Å². The maximum absolute atomic E-state index is 6.07. The maximum Gasteiger partial charge on any atom is 0.142 e. The van der Waals surface area contributed by atoms with Crippen LogP contribution in [0, 0.1) is 0 Å². The molecular weight excluding hydrogens is 375 g/mol. The largest absolute Gasteiger partial charge is 0.490 e. The van der Waals surface area contributed by atoms with Crippen LogP contribution in [0.2, 0.25) is 10.0 Å². The number of halogens is 2. The molecule has 0 saturated carbocycles. The summed E-state index contributed by atoms with van der Waals surface area (Å²) in [6, 6.07) is 12.6. The molecule has 8 heteroatoms. The molecule has 1 aromatic heterocycles. The highest BCUT2D eigenvalue weighted by Gasteiger charge is 2.30. The van der Waals surface area contributed by atoms with Gasteiger partial charge in [0.05, 0.1) is 0 Å². The molecule has 0 fully saturated rings. The molecule has 0 spiro atoms. The third kappa shape index (κ3) is 3.52. The Hall–Kier alpha value is -2.57. The number of rotatable bonds is 4. The van der Waals surface area contributed by atoms with Crippen LogP contribution in [0.1, 0.15) is 17.2 Å². The van der Waals surface area contributed by atoms with Crippen LogP contribution >= 0.6 is 23.2 Å². The van der Waals surface area contributed by atoms with E-state index in [1.165, 1.54) is 6.33 Å². The molecule has 132 valence electrons. The number of fused-ring (bicyclic) bond motifs is 1. The molecule has 0 saturated heterocycles. The first-order chi connectivity index (χ1) is 12.7. The third-order valence-electron chi connectivity index (χ3n) is 4.00. The summed E-state index contributed by atoms with van der Waals surface area (Å²) in [5.41, 5.74) is 2.50. The van der Waals surface area contributed by atoms with Crippen LogP contribution in [0.3, 0.4) is 0 Å². The molecule has 1 aliphatic rings. The van der Waals surface area contributed by atoms with Gasteiger partial charge in [-0.3, -0.25) is 0 Å². The van der Waals surface area contributed by atoms with E-state index in [0.29, 0.717) is 34.7 Å². The van der Waals surface area contributed by atoms with Crippen molar-refractivity contribution >= 4 is 28.9 Å². The second kappa shape index (κ2) is 7.35. The van der Waals surface area contributed by atoms with Gasteiger partial charge in [-0.15, -0.1) is 0 Å². The van der Waals surface area contributed by atoms with Crippen molar-refractivity contribution in [1.29, 1.82) is 0 Å². The molecular formula is C18H14Cl2N4O2. The second-order valence-corrected chi connectivity index (χ2v) is 6.59. The number of aromatic nitrogens is 3. The molecule has 0 bridgehead atoms. The molecule has 1 aliphatic heterocycles. The van der Waals surface area contributed by atoms with Crippen LogP contribution in [0.15, 0.2) is 60.3 Å². The lowest BCUT2D eigenvalue weighted by Crippen LogP contribution is -2.31. The van der Waals surface area contributed by atoms with Gasteiger partial charge in [0, 0.05) is 15.6 Å². The molecule has 2 aromatic carbocycles. The summed E-state index contributed by atoms with van der Waals surface area (Å²) in [6.07, 6.45) is 3.10. The number of ether oxygens (including phenoxy) is 1. The summed E-state index contributed by atoms with van der Waals surface area (Å²) in [7, 11) is 0. The minimum absolute atomic E-state index is 0.239. The Morgan fingerprint density at radius 1 is 1.15 bits per heavy atom. The van der Waals surface area contributed by atoms with Gasteiger partial charge in [-0.05, 0) is 35.9 Å². The zero-order valence-electron chi connectivity index (χ0n) is 13.5. The van der Waals surface area contributed by atoms with Gasteiger partial charge in [0.25, 0.3) is 0 Å². The molecule has 2 heterocycles. The smallest absolute Gasteiger partial charge is 0.142 e. The van der Waals surface area contributed by atoms with Crippen molar-refractivity contribution in [3.8, 4) is 5.75 Å². The lowest BCUT2D eigenvalue weighted by molar-refractivity contribution is 0.127. The first-order valence-electron chi connectivity index (χ1n) is 7.92. The average Bonchev–Trinajstić information content (AvgIpc) is 3.17. The fraction of sp³-hybridized carbons (Fsp3) is 0.167. The number of hydrogen-bond donors (Lipinski definition) is 0. The maximum atomic E-state index is 6.07. The molecule has 0 radical (unpaired) electrons. The first-order valence-corrected chi connectivity index (χ1v) is 8.67. The predicted molar refractivity (Wildman–Crippen MR) is 98.8 cm³/mol. The van der Waals surface area contributed by atoms with Crippen LogP contribution in [-0.2, 0) is 11.4 Å². The predicted octanol–water partition coefficient (Wildman–Crippen LogP) is 4.14. The van der Waals surface area contributed by atoms with Crippen molar-refractivity contribution in [2.75, 3.05) is 6.61 Å². The highest BCUT2D eigenvalue weighted by atomic mass is 35.5. The molecule has 26 heavy (non-hydrogen) atoms. The highest BCUT2D eigenvalue weighted by Crippen LogP contribution is 2.32. The number of nitrogens with zero attached hydrogens (tertiary/aromatic N) is 4. The third-order valence-corrected chi connectivity index (χ3v) is 4.48. The van der Waals surface area contributed by atoms with Crippen LogP contribution < -0.4 is 4.74 Å². The molecule has 1 unspecified atom stereocenters. The number of hydrogen-bond acceptors (Lipinski definition) is 5. The monoisotopic (exact) mass is 388 g/mol. The molecule has 0 amide bonds. The zero-order valence-corrected chi connectivity index (χ0v) is 15.1. The summed E-state index contributed by atoms with van der Waals surface area (Å²) in [6.45, 7) is 0.689. The Balaban J connectivity index is 1.63. The Morgan fingerprint density at radius 3 is 2.73 bits per heavy atom. The van der Waals surface area contributed by atoms with E-state index in [9.17, 15) is 0 Å². The molecule has 0 N–H and O–H groups in total. The Labute approximate surface area is 160 Å². The molecule has 0 aliphatic carbocycles. The van der Waals surface area contributed by atoms with Crippen LogP contribution in [-0.4, -0.2) is 27.1 Å². The van der Waals surface area contributed by atoms with Gasteiger partial charge in [-0.2, -0.15) is 5.10 Å². The van der Waals surface area contributed by atoms with E-state index in [2.05, 4.69) is 15.2 Å². The minimum atomic E-state index is -0.239. The quantitative estimate of drug-likeness (QED) is 0.630. The highest BCUT2D eigenvalue weighted by molar-refractivity contribution is 6.31. The van der Waals surface area contributed by atoms with E-state index in [0.717, 1.165) is 11.1 Å². The van der Waals surface area contributed by atoms with Crippen molar-refractivity contribution in [2.45, 2.75) is 12.6 Å². The standard InChI is InChI=1S/C18H14Cl2N4O2/c19-13-3-1-12(2-4-13)8-26-23-18-15-6-5-14(20)7-17(15)25-9-16(18)24-11-21-10-22-24/h1-7,10-11,16H,8-9H2/b23-18-. The van der Waals surface area contributed by atoms with Gasteiger partial charge in [-0.25, -0.2) is 9.67 Å². The van der Waals surface area contributed by atoms with Crippen molar-refractivity contribution in [3.05, 3.63) is 76.3 Å². The summed E-state index contributed by atoms with van der Waals surface area (Å²) in [4.78, 5) is 9.61. The molecule has 4 rings (SSSR count). The SMILES string of the molecule is Clc1ccc(CO/N=C2/c3ccc(Cl)cc3OCC2n2cncn2)cc1. The number of oxime groups is 1. The zero-order chi connectivity index (χ0) is 17.9. The summed E-state index contributed by atoms with van der Waals surface area (Å²) < 4.78 is 7.52. The van der Waals surface area contributed by atoms with Gasteiger partial charge >= 0.3 is 0 Å². The molecule has 1 atom stereocenters. The summed E-state index contributed by atoms with van der Waals surface area (Å²) >= 11 is 12.0. The fourth-order valence-electron chi connectivity index (χ4n) is 2.70. The van der Waals surface area contributed by atoms with Crippen molar-refractivity contribution < 1.29 is 9.57 Å². The van der Waals surface area contributed by atoms with E-state index in [-0.39, 0.29) is 6.04 Å². The van der Waals surface area contributed by atoms with Gasteiger partial charge in [-0.1, -0.05) is 40.5 Å². The average molecular weight is 389 g/mol. The van der Waals surface area contributed by atoms with Gasteiger partial charge in [0.1, 0.15) is 43.4 Å². The Morgan fingerprint density at radius 2 is 1.96 bits per heavy atom. The normalized spacial score (nSPS) is 17.6. The van der Waals surface area contributed by atoms with Crippen molar-refractivity contribution in [3.63, 3.8) is 0 Å². The minimum Gasteiger partial charge on any atom is -0.490 e. The Bertz CT molecular complexity index is 927. The second-order valence-electron chi connectivity index (χ2n) is 5.72. The van der Waals surface area contributed by atoms with Gasteiger partial charge < -0.3 is 9.57 Å². The summed E-state index contributed by atoms with van der Waals surface area (Å²) in [5, 5.41) is 9.87. The topological polar surface area (TPSA) is 61.5 Å². The van der Waals surface area contributed by atoms with E-state index in [1.807, 2.05) is 30.3 Å². The van der Waals surface area contributed by atoms with E-state index in [4.69, 9.17) is 32.8 Å². The van der Waals surface area contributed by atoms with E-state index in [1.54, 1.807) is 23.1 Å². The van der Waals surface area contributed by atoms with Crippen molar-refractivity contribution in [2.24, 2.45) is 5.16 Å². The first kappa shape index (κ1) is 16.9. The van der Waals surface area contributed by atoms with E-state index >= 15 is 0 Å². The fourth-order valence-corrected chi connectivity index (χ4v) is 2.99. The summed E-state index contributed by atoms with van der Waals surface area (Å²) in [5.74, 6) is 0.669. The lowest BCUT2D eigenvalue weighted by atomic mass is 10.0. The van der Waals surface area contributed by atoms with Crippen LogP contribution in [0.25, 0.3) is 0 Å². The molecule has 3 aromatic rings. The van der Waals surface area contributed by atoms with Gasteiger partial charge in [0.15, 0.2) is 0 Å². The Kier molecular flexibility index (Phi) is 4.77. The molecule has 6 nitrogen and oxygen atoms in total. The van der Waals surface area contributed by atoms with Crippen molar-refractivity contribution in [1.82, 2.24) is 14.8 Å².